The molecule has 86 valence electrons. The van der Waals surface area contributed by atoms with E-state index in [9.17, 15) is 4.79 Å². The van der Waals surface area contributed by atoms with Crippen molar-refractivity contribution in [2.45, 2.75) is 13.3 Å². The average Bonchev–Trinajstić information content (AvgIpc) is 2.30. The number of hydrogen-bond donors (Lipinski definition) is 2. The Bertz CT molecular complexity index is 659. The molecule has 0 aliphatic heterocycles. The molecule has 1 heterocycles. The molecular formula is C14H14N2O. The van der Waals surface area contributed by atoms with Crippen LogP contribution in [0, 0.1) is 18.8 Å². The Balaban J connectivity index is 2.52. The highest BCUT2D eigenvalue weighted by Crippen LogP contribution is 2.10. The van der Waals surface area contributed by atoms with Gasteiger partial charge in [0.05, 0.1) is 0 Å². The molecule has 2 rings (SSSR count). The Morgan fingerprint density at radius 2 is 2.18 bits per heavy atom. The van der Waals surface area contributed by atoms with Gasteiger partial charge in [0.15, 0.2) is 5.43 Å². The minimum atomic E-state index is 0.0266. The van der Waals surface area contributed by atoms with Gasteiger partial charge in [-0.2, -0.15) is 0 Å². The molecule has 2 aromatic rings. The molecule has 17 heavy (non-hydrogen) atoms. The number of hydrogen-bond acceptors (Lipinski definition) is 2. The Labute approximate surface area is 99.7 Å². The third-order valence-corrected chi connectivity index (χ3v) is 2.47. The van der Waals surface area contributed by atoms with Crippen LogP contribution >= 0.6 is 0 Å². The van der Waals surface area contributed by atoms with Crippen LogP contribution in [0.25, 0.3) is 10.9 Å². The number of aromatic nitrogens is 1. The van der Waals surface area contributed by atoms with Crippen molar-refractivity contribution in [2.24, 2.45) is 5.73 Å². The molecular weight excluding hydrogens is 212 g/mol. The molecule has 3 N–H and O–H groups in total. The zero-order chi connectivity index (χ0) is 12.3. The molecule has 0 aliphatic carbocycles. The standard InChI is InChI=1S/C14H14N2O/c1-10-8-14(17)12-9-11(4-2-3-7-15)5-6-13(12)16-10/h5-6,8-9H,3,7,15H2,1H3,(H,16,17). The van der Waals surface area contributed by atoms with Crippen LogP contribution in [0.1, 0.15) is 17.7 Å². The maximum Gasteiger partial charge on any atom is 0.189 e. The molecule has 3 nitrogen and oxygen atoms in total. The van der Waals surface area contributed by atoms with E-state index in [-0.39, 0.29) is 5.43 Å². The van der Waals surface area contributed by atoms with Crippen LogP contribution in [-0.2, 0) is 0 Å². The molecule has 3 heteroatoms. The molecule has 0 bridgehead atoms. The lowest BCUT2D eigenvalue weighted by molar-refractivity contribution is 1.03. The summed E-state index contributed by atoms with van der Waals surface area (Å²) < 4.78 is 0. The van der Waals surface area contributed by atoms with Crippen molar-refractivity contribution >= 4 is 10.9 Å². The summed E-state index contributed by atoms with van der Waals surface area (Å²) in [5.41, 5.74) is 7.95. The van der Waals surface area contributed by atoms with Gasteiger partial charge in [-0.1, -0.05) is 11.8 Å². The zero-order valence-electron chi connectivity index (χ0n) is 9.71. The van der Waals surface area contributed by atoms with E-state index in [1.165, 1.54) is 0 Å². The van der Waals surface area contributed by atoms with Crippen LogP contribution in [0.3, 0.4) is 0 Å². The maximum atomic E-state index is 11.8. The molecule has 1 aromatic carbocycles. The van der Waals surface area contributed by atoms with Crippen LogP contribution < -0.4 is 11.2 Å². The molecule has 0 radical (unpaired) electrons. The lowest BCUT2D eigenvalue weighted by Gasteiger charge is -2.00. The number of fused-ring (bicyclic) bond motifs is 1. The van der Waals surface area contributed by atoms with Gasteiger partial charge in [-0.05, 0) is 25.1 Å². The highest BCUT2D eigenvalue weighted by Gasteiger charge is 2.00. The fraction of sp³-hybridized carbons (Fsp3) is 0.214. The summed E-state index contributed by atoms with van der Waals surface area (Å²) in [5, 5.41) is 0.676. The van der Waals surface area contributed by atoms with Gasteiger partial charge in [0.1, 0.15) is 0 Å². The van der Waals surface area contributed by atoms with Gasteiger partial charge >= 0.3 is 0 Å². The summed E-state index contributed by atoms with van der Waals surface area (Å²) in [6.45, 7) is 2.43. The van der Waals surface area contributed by atoms with E-state index in [0.29, 0.717) is 18.4 Å². The normalized spacial score (nSPS) is 10.0. The number of benzene rings is 1. The average molecular weight is 226 g/mol. The number of rotatable bonds is 1. The third-order valence-electron chi connectivity index (χ3n) is 2.47. The van der Waals surface area contributed by atoms with Gasteiger partial charge in [-0.3, -0.25) is 4.79 Å². The first-order chi connectivity index (χ1) is 8.20. The fourth-order valence-electron chi connectivity index (χ4n) is 1.69. The zero-order valence-corrected chi connectivity index (χ0v) is 9.71. The Hall–Kier alpha value is -2.05. The Kier molecular flexibility index (Phi) is 3.27. The van der Waals surface area contributed by atoms with E-state index < -0.39 is 0 Å². The summed E-state index contributed by atoms with van der Waals surface area (Å²) >= 11 is 0. The van der Waals surface area contributed by atoms with Gasteiger partial charge in [0.25, 0.3) is 0 Å². The van der Waals surface area contributed by atoms with Crippen LogP contribution in [0.2, 0.25) is 0 Å². The summed E-state index contributed by atoms with van der Waals surface area (Å²) in [5.74, 6) is 5.96. The molecule has 0 unspecified atom stereocenters. The number of pyridine rings is 1. The van der Waals surface area contributed by atoms with E-state index in [4.69, 9.17) is 5.73 Å². The predicted molar refractivity (Wildman–Crippen MR) is 69.9 cm³/mol. The second-order valence-electron chi connectivity index (χ2n) is 3.92. The van der Waals surface area contributed by atoms with Crippen LogP contribution in [0.15, 0.2) is 29.1 Å². The van der Waals surface area contributed by atoms with Gasteiger partial charge in [0.2, 0.25) is 0 Å². The molecule has 0 fully saturated rings. The summed E-state index contributed by atoms with van der Waals surface area (Å²) in [6.07, 6.45) is 0.669. The lowest BCUT2D eigenvalue weighted by Crippen LogP contribution is -2.03. The number of aromatic amines is 1. The molecule has 0 amide bonds. The van der Waals surface area contributed by atoms with Crippen molar-refractivity contribution < 1.29 is 0 Å². The third kappa shape index (κ3) is 2.55. The summed E-state index contributed by atoms with van der Waals surface area (Å²) in [7, 11) is 0. The molecule has 0 spiro atoms. The lowest BCUT2D eigenvalue weighted by atomic mass is 10.1. The van der Waals surface area contributed by atoms with Crippen LogP contribution in [-0.4, -0.2) is 11.5 Å². The van der Waals surface area contributed by atoms with Crippen LogP contribution in [0.5, 0.6) is 0 Å². The first-order valence-electron chi connectivity index (χ1n) is 5.53. The highest BCUT2D eigenvalue weighted by molar-refractivity contribution is 5.80. The largest absolute Gasteiger partial charge is 0.358 e. The van der Waals surface area contributed by atoms with Crippen molar-refractivity contribution in [2.75, 3.05) is 6.54 Å². The molecule has 0 atom stereocenters. The minimum Gasteiger partial charge on any atom is -0.358 e. The second kappa shape index (κ2) is 4.86. The smallest absolute Gasteiger partial charge is 0.189 e. The SMILES string of the molecule is Cc1cc(=O)c2cc(C#CCCN)ccc2[nH]1. The van der Waals surface area contributed by atoms with E-state index in [2.05, 4.69) is 16.8 Å². The molecule has 0 aliphatic rings. The first kappa shape index (κ1) is 11.4. The monoisotopic (exact) mass is 226 g/mol. The molecule has 0 saturated carbocycles. The van der Waals surface area contributed by atoms with Gasteiger partial charge in [-0.15, -0.1) is 0 Å². The van der Waals surface area contributed by atoms with Crippen LogP contribution in [0.4, 0.5) is 0 Å². The number of nitrogens with one attached hydrogen (secondary N) is 1. The van der Waals surface area contributed by atoms with E-state index in [0.717, 1.165) is 16.8 Å². The summed E-state index contributed by atoms with van der Waals surface area (Å²) in [4.78, 5) is 15.0. The number of nitrogens with two attached hydrogens (primary N) is 1. The Morgan fingerprint density at radius 1 is 1.35 bits per heavy atom. The predicted octanol–water partition coefficient (Wildman–Crippen LogP) is 1.54. The van der Waals surface area contributed by atoms with E-state index >= 15 is 0 Å². The quantitative estimate of drug-likeness (QED) is 0.724. The van der Waals surface area contributed by atoms with E-state index in [1.807, 2.05) is 25.1 Å². The Morgan fingerprint density at radius 3 is 2.94 bits per heavy atom. The van der Waals surface area contributed by atoms with Crippen molar-refractivity contribution in [1.82, 2.24) is 4.98 Å². The second-order valence-corrected chi connectivity index (χ2v) is 3.92. The topological polar surface area (TPSA) is 58.9 Å². The van der Waals surface area contributed by atoms with Crippen molar-refractivity contribution in [1.29, 1.82) is 0 Å². The van der Waals surface area contributed by atoms with Crippen molar-refractivity contribution in [3.05, 3.63) is 45.7 Å². The minimum absolute atomic E-state index is 0.0266. The van der Waals surface area contributed by atoms with Gasteiger partial charge in [-0.25, -0.2) is 0 Å². The first-order valence-corrected chi connectivity index (χ1v) is 5.53. The van der Waals surface area contributed by atoms with E-state index in [1.54, 1.807) is 6.07 Å². The molecule has 0 saturated heterocycles. The van der Waals surface area contributed by atoms with Crippen molar-refractivity contribution in [3.8, 4) is 11.8 Å². The van der Waals surface area contributed by atoms with Gasteiger partial charge in [0, 0.05) is 41.2 Å². The maximum absolute atomic E-state index is 11.8. The fourth-order valence-corrected chi connectivity index (χ4v) is 1.69. The number of H-pyrrole nitrogens is 1. The summed E-state index contributed by atoms with van der Waals surface area (Å²) in [6, 6.07) is 7.20. The molecule has 1 aromatic heterocycles. The highest BCUT2D eigenvalue weighted by atomic mass is 16.1. The van der Waals surface area contributed by atoms with Gasteiger partial charge < -0.3 is 10.7 Å². The van der Waals surface area contributed by atoms with Crippen molar-refractivity contribution in [3.63, 3.8) is 0 Å². The number of aryl methyl sites for hydroxylation is 1.